The summed E-state index contributed by atoms with van der Waals surface area (Å²) >= 11 is 7.40. The third-order valence-electron chi connectivity index (χ3n) is 4.22. The molecular formula is C23H25BrN2O4S2. The lowest BCUT2D eigenvalue weighted by molar-refractivity contribution is -0.123. The monoisotopic (exact) mass is 536 g/mol. The van der Waals surface area contributed by atoms with Gasteiger partial charge in [-0.2, -0.15) is 5.10 Å². The van der Waals surface area contributed by atoms with Gasteiger partial charge in [0.25, 0.3) is 5.91 Å². The topological polar surface area (TPSA) is 69.2 Å². The number of carbonyl (C=O) groups excluding carboxylic acids is 1. The number of nitrogens with zero attached hydrogens (tertiary/aromatic N) is 1. The molecule has 1 N–H and O–H groups in total. The maximum Gasteiger partial charge on any atom is 0.277 e. The van der Waals surface area contributed by atoms with Crippen LogP contribution in [0, 0.1) is 0 Å². The summed E-state index contributed by atoms with van der Waals surface area (Å²) < 4.78 is 18.1. The molecular weight excluding hydrogens is 512 g/mol. The van der Waals surface area contributed by atoms with Crippen LogP contribution >= 0.6 is 39.5 Å². The first kappa shape index (κ1) is 24.5. The lowest BCUT2D eigenvalue weighted by Crippen LogP contribution is -2.24. The van der Waals surface area contributed by atoms with Crippen LogP contribution in [-0.2, 0) is 4.79 Å². The van der Waals surface area contributed by atoms with Gasteiger partial charge >= 0.3 is 0 Å². The number of halogens is 1. The summed E-state index contributed by atoms with van der Waals surface area (Å²) in [5.41, 5.74) is 4.49. The molecule has 1 heterocycles. The molecule has 170 valence electrons. The van der Waals surface area contributed by atoms with Crippen molar-refractivity contribution in [1.29, 1.82) is 0 Å². The first-order valence-corrected chi connectivity index (χ1v) is 13.0. The fraction of sp³-hybridized carbons (Fsp3) is 0.304. The summed E-state index contributed by atoms with van der Waals surface area (Å²) in [6.07, 6.45) is 3.20. The normalized spacial score (nSPS) is 13.8. The summed E-state index contributed by atoms with van der Waals surface area (Å²) in [5, 5.41) is 4.01. The van der Waals surface area contributed by atoms with E-state index in [4.69, 9.17) is 14.2 Å². The van der Waals surface area contributed by atoms with Crippen molar-refractivity contribution in [1.82, 2.24) is 5.43 Å². The zero-order valence-corrected chi connectivity index (χ0v) is 20.9. The van der Waals surface area contributed by atoms with Gasteiger partial charge in [-0.3, -0.25) is 4.79 Å². The SMILES string of the molecule is C=CCOc1c(Br)cc(/C=N\NC(=O)COc2ccc(C3SCCS3)cc2)cc1OCC. The number of hydrogen-bond donors (Lipinski definition) is 1. The standard InChI is InChI=1S/C23H25BrN2O4S2/c1-3-9-29-22-19(24)12-16(13-20(22)28-4-2)14-25-26-21(27)15-30-18-7-5-17(6-8-18)23-31-10-11-32-23/h3,5-8,12-14,23H,1,4,9-11,15H2,2H3,(H,26,27)/b25-14-. The van der Waals surface area contributed by atoms with Crippen molar-refractivity contribution >= 4 is 51.6 Å². The molecule has 1 fully saturated rings. The van der Waals surface area contributed by atoms with Gasteiger partial charge in [-0.1, -0.05) is 24.8 Å². The fourth-order valence-corrected chi connectivity index (χ4v) is 6.27. The number of nitrogens with one attached hydrogen (secondary N) is 1. The molecule has 1 saturated heterocycles. The Morgan fingerprint density at radius 1 is 1.22 bits per heavy atom. The highest BCUT2D eigenvalue weighted by molar-refractivity contribution is 9.10. The smallest absolute Gasteiger partial charge is 0.277 e. The van der Waals surface area contributed by atoms with Crippen LogP contribution in [0.3, 0.4) is 0 Å². The molecule has 0 radical (unpaired) electrons. The highest BCUT2D eigenvalue weighted by Gasteiger charge is 2.18. The van der Waals surface area contributed by atoms with Gasteiger partial charge in [0.1, 0.15) is 12.4 Å². The van der Waals surface area contributed by atoms with Gasteiger partial charge in [-0.05, 0) is 58.2 Å². The van der Waals surface area contributed by atoms with Crippen molar-refractivity contribution < 1.29 is 19.0 Å². The largest absolute Gasteiger partial charge is 0.490 e. The van der Waals surface area contributed by atoms with Gasteiger partial charge in [0.05, 0.1) is 21.9 Å². The summed E-state index contributed by atoms with van der Waals surface area (Å²) in [6, 6.07) is 11.5. The third-order valence-corrected chi connectivity index (χ3v) is 7.92. The van der Waals surface area contributed by atoms with Crippen LogP contribution in [0.25, 0.3) is 0 Å². The summed E-state index contributed by atoms with van der Waals surface area (Å²) in [7, 11) is 0. The Balaban J connectivity index is 1.51. The van der Waals surface area contributed by atoms with E-state index in [1.54, 1.807) is 12.1 Å². The van der Waals surface area contributed by atoms with Crippen LogP contribution in [-0.4, -0.2) is 43.4 Å². The summed E-state index contributed by atoms with van der Waals surface area (Å²) in [5.74, 6) is 3.86. The Labute approximate surface area is 205 Å². The number of hydrogen-bond acceptors (Lipinski definition) is 7. The van der Waals surface area contributed by atoms with E-state index in [9.17, 15) is 4.79 Å². The Morgan fingerprint density at radius 3 is 2.66 bits per heavy atom. The molecule has 3 rings (SSSR count). The zero-order chi connectivity index (χ0) is 22.8. The van der Waals surface area contributed by atoms with E-state index >= 15 is 0 Å². The van der Waals surface area contributed by atoms with Crippen LogP contribution in [0.5, 0.6) is 17.2 Å². The molecule has 0 aromatic heterocycles. The second-order valence-corrected chi connectivity index (χ2v) is 10.2. The molecule has 0 unspecified atom stereocenters. The lowest BCUT2D eigenvalue weighted by Gasteiger charge is -2.13. The fourth-order valence-electron chi connectivity index (χ4n) is 2.84. The Kier molecular flexibility index (Phi) is 9.83. The summed E-state index contributed by atoms with van der Waals surface area (Å²) in [6.45, 7) is 6.29. The Bertz CT molecular complexity index is 948. The molecule has 1 aliphatic rings. The van der Waals surface area contributed by atoms with E-state index in [0.717, 1.165) is 10.0 Å². The van der Waals surface area contributed by atoms with Gasteiger partial charge < -0.3 is 14.2 Å². The summed E-state index contributed by atoms with van der Waals surface area (Å²) in [4.78, 5) is 12.1. The average molecular weight is 538 g/mol. The van der Waals surface area contributed by atoms with Crippen molar-refractivity contribution in [3.63, 3.8) is 0 Å². The number of thioether (sulfide) groups is 2. The second-order valence-electron chi connectivity index (χ2n) is 6.59. The third kappa shape index (κ3) is 7.21. The molecule has 32 heavy (non-hydrogen) atoms. The number of rotatable bonds is 11. The Hall–Kier alpha value is -2.10. The van der Waals surface area contributed by atoms with E-state index in [1.165, 1.54) is 23.3 Å². The van der Waals surface area contributed by atoms with Gasteiger partial charge in [0, 0.05) is 11.5 Å². The van der Waals surface area contributed by atoms with E-state index in [2.05, 4.69) is 45.2 Å². The predicted octanol–water partition coefficient (Wildman–Crippen LogP) is 5.42. The van der Waals surface area contributed by atoms with E-state index in [0.29, 0.717) is 35.0 Å². The number of ether oxygens (including phenoxy) is 3. The molecule has 9 heteroatoms. The van der Waals surface area contributed by atoms with Gasteiger partial charge in [-0.25, -0.2) is 5.43 Å². The highest BCUT2D eigenvalue weighted by Crippen LogP contribution is 2.45. The molecule has 1 aliphatic heterocycles. The number of benzene rings is 2. The average Bonchev–Trinajstić information content (AvgIpc) is 3.33. The van der Waals surface area contributed by atoms with Crippen molar-refractivity contribution in [3.05, 3.63) is 64.7 Å². The maximum absolute atomic E-state index is 12.1. The number of amides is 1. The minimum atomic E-state index is -0.345. The van der Waals surface area contributed by atoms with Crippen LogP contribution in [0.2, 0.25) is 0 Å². The highest BCUT2D eigenvalue weighted by atomic mass is 79.9. The molecule has 0 spiro atoms. The van der Waals surface area contributed by atoms with Crippen LogP contribution < -0.4 is 19.6 Å². The molecule has 6 nitrogen and oxygen atoms in total. The minimum Gasteiger partial charge on any atom is -0.490 e. The predicted molar refractivity (Wildman–Crippen MR) is 136 cm³/mol. The van der Waals surface area contributed by atoms with E-state index in [-0.39, 0.29) is 12.5 Å². The quantitative estimate of drug-likeness (QED) is 0.235. The van der Waals surface area contributed by atoms with Crippen molar-refractivity contribution in [2.24, 2.45) is 5.10 Å². The first-order chi connectivity index (χ1) is 15.6. The van der Waals surface area contributed by atoms with Gasteiger partial charge in [0.15, 0.2) is 18.1 Å². The van der Waals surface area contributed by atoms with Crippen LogP contribution in [0.15, 0.2) is 58.6 Å². The Morgan fingerprint density at radius 2 is 1.97 bits per heavy atom. The van der Waals surface area contributed by atoms with Crippen molar-refractivity contribution in [3.8, 4) is 17.2 Å². The number of carbonyl (C=O) groups is 1. The molecule has 0 aliphatic carbocycles. The number of hydrazone groups is 1. The van der Waals surface area contributed by atoms with Gasteiger partial charge in [0.2, 0.25) is 0 Å². The first-order valence-electron chi connectivity index (χ1n) is 10.1. The molecule has 0 saturated carbocycles. The second kappa shape index (κ2) is 12.8. The minimum absolute atomic E-state index is 0.119. The van der Waals surface area contributed by atoms with Crippen molar-refractivity contribution in [2.75, 3.05) is 31.3 Å². The molecule has 0 bridgehead atoms. The van der Waals surface area contributed by atoms with Crippen LogP contribution in [0.4, 0.5) is 0 Å². The molecule has 2 aromatic carbocycles. The molecule has 0 atom stereocenters. The van der Waals surface area contributed by atoms with Gasteiger partial charge in [-0.15, -0.1) is 23.5 Å². The molecule has 2 aromatic rings. The lowest BCUT2D eigenvalue weighted by atomic mass is 10.2. The van der Waals surface area contributed by atoms with Crippen molar-refractivity contribution in [2.45, 2.75) is 11.5 Å². The van der Waals surface area contributed by atoms with E-state index < -0.39 is 0 Å². The maximum atomic E-state index is 12.1. The van der Waals surface area contributed by atoms with E-state index in [1.807, 2.05) is 48.6 Å². The zero-order valence-electron chi connectivity index (χ0n) is 17.7. The molecule has 1 amide bonds. The van der Waals surface area contributed by atoms with Crippen LogP contribution in [0.1, 0.15) is 22.6 Å².